The maximum Gasteiger partial charge on any atom is 0.250 e. The number of hydrogen-bond acceptors (Lipinski definition) is 6. The van der Waals surface area contributed by atoms with Crippen molar-refractivity contribution in [3.05, 3.63) is 92.1 Å². The minimum absolute atomic E-state index is 0.0558. The molecule has 40 heavy (non-hydrogen) atoms. The molecule has 1 aromatic heterocycles. The Hall–Kier alpha value is -2.50. The van der Waals surface area contributed by atoms with Crippen LogP contribution in [0.1, 0.15) is 74.1 Å². The van der Waals surface area contributed by atoms with E-state index in [2.05, 4.69) is 4.72 Å². The van der Waals surface area contributed by atoms with Crippen LogP contribution in [0.3, 0.4) is 0 Å². The average Bonchev–Trinajstić information content (AvgIpc) is 2.87. The molecule has 0 aliphatic carbocycles. The molecule has 0 amide bonds. The largest absolute Gasteiger partial charge is 0.598 e. The molecule has 2 atom stereocenters. The van der Waals surface area contributed by atoms with Crippen molar-refractivity contribution in [2.24, 2.45) is 7.05 Å². The maximum atomic E-state index is 13.8. The third-order valence-electron chi connectivity index (χ3n) is 6.47. The molecule has 2 aromatic carbocycles. The van der Waals surface area contributed by atoms with E-state index in [1.54, 1.807) is 32.3 Å². The van der Waals surface area contributed by atoms with Gasteiger partial charge in [-0.2, -0.15) is 0 Å². The fraction of sp³-hybridized carbons (Fsp3) is 0.379. The van der Waals surface area contributed by atoms with E-state index in [0.717, 1.165) is 12.1 Å². The Morgan fingerprint density at radius 1 is 1.10 bits per heavy atom. The highest BCUT2D eigenvalue weighted by atomic mass is 35.5. The third-order valence-corrected chi connectivity index (χ3v) is 10.0. The van der Waals surface area contributed by atoms with Crippen molar-refractivity contribution < 1.29 is 22.2 Å². The van der Waals surface area contributed by atoms with E-state index in [-0.39, 0.29) is 33.2 Å². The number of benzene rings is 2. The quantitative estimate of drug-likeness (QED) is 0.240. The van der Waals surface area contributed by atoms with Crippen molar-refractivity contribution in [1.29, 1.82) is 0 Å². The first-order valence-electron chi connectivity index (χ1n) is 12.8. The standard InChI is InChI=1S/C29H34ClFN2O5S2/c1-7-26(32-39(36)29(3,4)5)23-15-27(34)33(6)16-24(23)22-13-18(17-40(37,38)8-2)9-11-20(22)28(35)21-12-10-19(31)14-25(21)30/h9-16,26,32H,7-8,17H2,1-6H3. The Bertz CT molecular complexity index is 1580. The van der Waals surface area contributed by atoms with Gasteiger partial charge in [0.1, 0.15) is 10.6 Å². The molecule has 0 radical (unpaired) electrons. The summed E-state index contributed by atoms with van der Waals surface area (Å²) in [7, 11) is -1.83. The van der Waals surface area contributed by atoms with Crippen LogP contribution in [-0.2, 0) is 34.0 Å². The number of aryl methyl sites for hydroxylation is 1. The van der Waals surface area contributed by atoms with Gasteiger partial charge in [-0.3, -0.25) is 9.59 Å². The number of rotatable bonds is 10. The molecule has 0 saturated carbocycles. The SMILES string of the molecule is CCC(N[S+]([O-])C(C)(C)C)c1cc(=O)n(C)cc1-c1cc(CS(=O)(=O)CC)ccc1C(=O)c1ccc(F)cc1Cl. The Kier molecular flexibility index (Phi) is 10.1. The second kappa shape index (κ2) is 12.6. The summed E-state index contributed by atoms with van der Waals surface area (Å²) in [5.41, 5.74) is 1.79. The van der Waals surface area contributed by atoms with Gasteiger partial charge in [-0.25, -0.2) is 12.8 Å². The lowest BCUT2D eigenvalue weighted by molar-refractivity contribution is 0.103. The van der Waals surface area contributed by atoms with Gasteiger partial charge in [0.05, 0.1) is 16.8 Å². The summed E-state index contributed by atoms with van der Waals surface area (Å²) in [6, 6.07) is 9.10. The first kappa shape index (κ1) is 32.0. The van der Waals surface area contributed by atoms with Gasteiger partial charge in [0.25, 0.3) is 5.56 Å². The van der Waals surface area contributed by atoms with Crippen molar-refractivity contribution in [3.63, 3.8) is 0 Å². The molecule has 2 unspecified atom stereocenters. The zero-order valence-electron chi connectivity index (χ0n) is 23.4. The van der Waals surface area contributed by atoms with Crippen molar-refractivity contribution in [3.8, 4) is 11.1 Å². The lowest BCUT2D eigenvalue weighted by Gasteiger charge is -2.29. The predicted octanol–water partition coefficient (Wildman–Crippen LogP) is 5.51. The lowest BCUT2D eigenvalue weighted by Crippen LogP contribution is -2.41. The summed E-state index contributed by atoms with van der Waals surface area (Å²) in [5, 5.41) is -0.0667. The van der Waals surface area contributed by atoms with E-state index in [1.807, 2.05) is 27.7 Å². The number of pyridine rings is 1. The average molecular weight is 609 g/mol. The molecular weight excluding hydrogens is 575 g/mol. The fourth-order valence-corrected chi connectivity index (χ4v) is 6.16. The highest BCUT2D eigenvalue weighted by Gasteiger charge is 2.31. The number of nitrogens with zero attached hydrogens (tertiary/aromatic N) is 1. The number of ketones is 1. The number of aromatic nitrogens is 1. The van der Waals surface area contributed by atoms with Gasteiger partial charge in [-0.15, -0.1) is 4.72 Å². The van der Waals surface area contributed by atoms with Gasteiger partial charge in [0.15, 0.2) is 15.6 Å². The Balaban J connectivity index is 2.32. The first-order chi connectivity index (χ1) is 18.6. The van der Waals surface area contributed by atoms with Crippen molar-refractivity contribution >= 4 is 38.6 Å². The van der Waals surface area contributed by atoms with Crippen LogP contribution in [0, 0.1) is 5.82 Å². The molecule has 0 bridgehead atoms. The molecule has 0 fully saturated rings. The molecule has 1 N–H and O–H groups in total. The van der Waals surface area contributed by atoms with Crippen LogP contribution in [0.5, 0.6) is 0 Å². The number of carbonyl (C=O) groups is 1. The molecule has 0 aliphatic heterocycles. The van der Waals surface area contributed by atoms with Crippen molar-refractivity contribution in [2.75, 3.05) is 5.75 Å². The summed E-state index contributed by atoms with van der Waals surface area (Å²) < 4.78 is 55.6. The third kappa shape index (κ3) is 7.41. The van der Waals surface area contributed by atoms with E-state index in [9.17, 15) is 27.0 Å². The molecule has 0 spiro atoms. The van der Waals surface area contributed by atoms with Crippen LogP contribution in [0.4, 0.5) is 4.39 Å². The molecular formula is C29H34ClFN2O5S2. The highest BCUT2D eigenvalue weighted by Crippen LogP contribution is 2.35. The van der Waals surface area contributed by atoms with E-state index < -0.39 is 43.6 Å². The first-order valence-corrected chi connectivity index (χ1v) is 16.1. The van der Waals surface area contributed by atoms with E-state index in [1.165, 1.54) is 22.8 Å². The van der Waals surface area contributed by atoms with Crippen LogP contribution in [-0.4, -0.2) is 33.8 Å². The smallest absolute Gasteiger partial charge is 0.250 e. The summed E-state index contributed by atoms with van der Waals surface area (Å²) in [5.74, 6) is -1.39. The normalized spacial score (nSPS) is 13.7. The maximum absolute atomic E-state index is 13.8. The number of sulfone groups is 1. The summed E-state index contributed by atoms with van der Waals surface area (Å²) >= 11 is 4.76. The van der Waals surface area contributed by atoms with Crippen molar-refractivity contribution in [1.82, 2.24) is 9.29 Å². The van der Waals surface area contributed by atoms with Crippen LogP contribution in [0.2, 0.25) is 5.02 Å². The minimum atomic E-state index is -3.40. The van der Waals surface area contributed by atoms with Crippen LogP contribution >= 0.6 is 11.6 Å². The molecule has 7 nitrogen and oxygen atoms in total. The summed E-state index contributed by atoms with van der Waals surface area (Å²) in [6.45, 7) is 8.92. The van der Waals surface area contributed by atoms with E-state index in [0.29, 0.717) is 28.7 Å². The Morgan fingerprint density at radius 3 is 2.33 bits per heavy atom. The van der Waals surface area contributed by atoms with Gasteiger partial charge in [-0.1, -0.05) is 37.6 Å². The van der Waals surface area contributed by atoms with Gasteiger partial charge < -0.3 is 9.12 Å². The van der Waals surface area contributed by atoms with Gasteiger partial charge in [0.2, 0.25) is 0 Å². The van der Waals surface area contributed by atoms with Gasteiger partial charge >= 0.3 is 0 Å². The number of carbonyl (C=O) groups excluding carboxylic acids is 1. The van der Waals surface area contributed by atoms with Crippen molar-refractivity contribution in [2.45, 2.75) is 57.6 Å². The zero-order valence-corrected chi connectivity index (χ0v) is 25.8. The summed E-state index contributed by atoms with van der Waals surface area (Å²) in [6.07, 6.45) is 2.05. The fourth-order valence-electron chi connectivity index (χ4n) is 4.11. The highest BCUT2D eigenvalue weighted by molar-refractivity contribution is 7.91. The topological polar surface area (TPSA) is 108 Å². The monoisotopic (exact) mass is 608 g/mol. The summed E-state index contributed by atoms with van der Waals surface area (Å²) in [4.78, 5) is 26.6. The molecule has 1 heterocycles. The lowest BCUT2D eigenvalue weighted by atomic mass is 9.89. The molecule has 11 heteroatoms. The Labute approximate surface area is 243 Å². The Morgan fingerprint density at radius 2 is 1.75 bits per heavy atom. The van der Waals surface area contributed by atoms with Gasteiger partial charge in [-0.05, 0) is 68.1 Å². The number of hydrogen-bond donors (Lipinski definition) is 1. The number of halogens is 2. The van der Waals surface area contributed by atoms with Gasteiger partial charge in [0, 0.05) is 53.1 Å². The van der Waals surface area contributed by atoms with Crippen LogP contribution in [0.25, 0.3) is 11.1 Å². The molecule has 0 aliphatic rings. The molecule has 0 saturated heterocycles. The second-order valence-corrected chi connectivity index (χ2v) is 15.3. The number of nitrogens with one attached hydrogen (secondary N) is 1. The molecule has 216 valence electrons. The van der Waals surface area contributed by atoms with E-state index in [4.69, 9.17) is 11.6 Å². The zero-order chi connectivity index (χ0) is 30.0. The van der Waals surface area contributed by atoms with E-state index >= 15 is 0 Å². The molecule has 3 rings (SSSR count). The van der Waals surface area contributed by atoms with Crippen LogP contribution in [0.15, 0.2) is 53.5 Å². The molecule has 3 aromatic rings. The second-order valence-electron chi connectivity index (χ2n) is 10.6. The van der Waals surface area contributed by atoms with Crippen LogP contribution < -0.4 is 10.3 Å². The predicted molar refractivity (Wildman–Crippen MR) is 159 cm³/mol. The minimum Gasteiger partial charge on any atom is -0.598 e.